The first kappa shape index (κ1) is 16.8. The second kappa shape index (κ2) is 7.13. The Labute approximate surface area is 132 Å². The Morgan fingerprint density at radius 3 is 2.45 bits per heavy atom. The Hall–Kier alpha value is -1.56. The molecule has 1 aliphatic heterocycles. The molecule has 1 fully saturated rings. The van der Waals surface area contributed by atoms with E-state index in [0.29, 0.717) is 12.0 Å². The van der Waals surface area contributed by atoms with Crippen LogP contribution in [-0.2, 0) is 9.84 Å². The van der Waals surface area contributed by atoms with Crippen molar-refractivity contribution >= 4 is 21.4 Å². The molecule has 1 aromatic rings. The highest BCUT2D eigenvalue weighted by atomic mass is 32.2. The molecule has 0 spiro atoms. The van der Waals surface area contributed by atoms with Gasteiger partial charge >= 0.3 is 0 Å². The Morgan fingerprint density at radius 1 is 1.27 bits per heavy atom. The summed E-state index contributed by atoms with van der Waals surface area (Å²) < 4.78 is 22.8. The van der Waals surface area contributed by atoms with E-state index in [1.54, 1.807) is 12.1 Å². The second-order valence-corrected chi connectivity index (χ2v) is 7.93. The normalized spacial score (nSPS) is 19.8. The highest BCUT2D eigenvalue weighted by molar-refractivity contribution is 7.91. The molecule has 1 heterocycles. The standard InChI is InChI=1S/C16H24N2O3S/c1-3-10-18(4-2)15-7-5-13(6-8-15)16(19)17-14-9-11-22(20,21)12-14/h5-8,14H,3-4,9-12H2,1-2H3,(H,17,19). The van der Waals surface area contributed by atoms with Crippen LogP contribution in [-0.4, -0.2) is 45.0 Å². The highest BCUT2D eigenvalue weighted by Gasteiger charge is 2.29. The number of carbonyl (C=O) groups is 1. The lowest BCUT2D eigenvalue weighted by Crippen LogP contribution is -2.35. The molecule has 0 saturated carbocycles. The summed E-state index contributed by atoms with van der Waals surface area (Å²) in [5.74, 6) is 0.0169. The third kappa shape index (κ3) is 4.22. The molecule has 0 radical (unpaired) electrons. The minimum atomic E-state index is -2.97. The van der Waals surface area contributed by atoms with Crippen LogP contribution in [0.4, 0.5) is 5.69 Å². The molecule has 0 aliphatic carbocycles. The van der Waals surface area contributed by atoms with Gasteiger partial charge in [0.15, 0.2) is 9.84 Å². The Balaban J connectivity index is 1.99. The van der Waals surface area contributed by atoms with Crippen LogP contribution < -0.4 is 10.2 Å². The average Bonchev–Trinajstić information content (AvgIpc) is 2.84. The molecule has 122 valence electrons. The summed E-state index contributed by atoms with van der Waals surface area (Å²) in [5, 5.41) is 2.81. The summed E-state index contributed by atoms with van der Waals surface area (Å²) in [7, 11) is -2.97. The fourth-order valence-corrected chi connectivity index (χ4v) is 4.41. The van der Waals surface area contributed by atoms with Crippen molar-refractivity contribution in [3.05, 3.63) is 29.8 Å². The van der Waals surface area contributed by atoms with Crippen molar-refractivity contribution in [2.45, 2.75) is 32.7 Å². The van der Waals surface area contributed by atoms with Gasteiger partial charge in [0.05, 0.1) is 11.5 Å². The molecule has 5 nitrogen and oxygen atoms in total. The lowest BCUT2D eigenvalue weighted by Gasteiger charge is -2.22. The van der Waals surface area contributed by atoms with Gasteiger partial charge in [0.1, 0.15) is 0 Å². The lowest BCUT2D eigenvalue weighted by atomic mass is 10.1. The van der Waals surface area contributed by atoms with E-state index in [2.05, 4.69) is 24.1 Å². The SMILES string of the molecule is CCCN(CC)c1ccc(C(=O)NC2CCS(=O)(=O)C2)cc1. The van der Waals surface area contributed by atoms with E-state index in [-0.39, 0.29) is 23.5 Å². The van der Waals surface area contributed by atoms with E-state index in [9.17, 15) is 13.2 Å². The van der Waals surface area contributed by atoms with E-state index in [4.69, 9.17) is 0 Å². The number of amides is 1. The monoisotopic (exact) mass is 324 g/mol. The van der Waals surface area contributed by atoms with E-state index >= 15 is 0 Å². The first-order valence-electron chi connectivity index (χ1n) is 7.81. The van der Waals surface area contributed by atoms with E-state index in [1.807, 2.05) is 12.1 Å². The van der Waals surface area contributed by atoms with Crippen LogP contribution >= 0.6 is 0 Å². The van der Waals surface area contributed by atoms with Gasteiger partial charge in [-0.25, -0.2) is 8.42 Å². The van der Waals surface area contributed by atoms with Crippen LogP contribution in [0.15, 0.2) is 24.3 Å². The quantitative estimate of drug-likeness (QED) is 0.867. The van der Waals surface area contributed by atoms with Crippen molar-refractivity contribution < 1.29 is 13.2 Å². The maximum Gasteiger partial charge on any atom is 0.251 e. The van der Waals surface area contributed by atoms with Crippen molar-refractivity contribution in [2.24, 2.45) is 0 Å². The predicted octanol–water partition coefficient (Wildman–Crippen LogP) is 1.84. The minimum Gasteiger partial charge on any atom is -0.372 e. The molecule has 6 heteroatoms. The molecule has 0 bridgehead atoms. The van der Waals surface area contributed by atoms with Gasteiger partial charge in [-0.1, -0.05) is 6.92 Å². The third-order valence-electron chi connectivity index (χ3n) is 3.94. The number of nitrogens with one attached hydrogen (secondary N) is 1. The molecule has 0 aromatic heterocycles. The maximum atomic E-state index is 12.2. The Bertz CT molecular complexity index is 611. The first-order valence-corrected chi connectivity index (χ1v) is 9.63. The fourth-order valence-electron chi connectivity index (χ4n) is 2.74. The summed E-state index contributed by atoms with van der Waals surface area (Å²) in [6.45, 7) is 6.16. The first-order chi connectivity index (χ1) is 10.4. The summed E-state index contributed by atoms with van der Waals surface area (Å²) in [5.41, 5.74) is 1.67. The number of hydrogen-bond donors (Lipinski definition) is 1. The predicted molar refractivity (Wildman–Crippen MR) is 89.1 cm³/mol. The van der Waals surface area contributed by atoms with Crippen LogP contribution in [0.3, 0.4) is 0 Å². The largest absolute Gasteiger partial charge is 0.372 e. The number of carbonyl (C=O) groups excluding carboxylic acids is 1. The molecule has 1 saturated heterocycles. The zero-order chi connectivity index (χ0) is 16.2. The van der Waals surface area contributed by atoms with Gasteiger partial charge in [0.25, 0.3) is 5.91 Å². The van der Waals surface area contributed by atoms with Crippen LogP contribution in [0.25, 0.3) is 0 Å². The van der Waals surface area contributed by atoms with Gasteiger partial charge in [0.2, 0.25) is 0 Å². The summed E-state index contributed by atoms with van der Waals surface area (Å²) in [6.07, 6.45) is 1.58. The molecule has 1 aromatic carbocycles. The topological polar surface area (TPSA) is 66.5 Å². The summed E-state index contributed by atoms with van der Waals surface area (Å²) in [4.78, 5) is 14.4. The summed E-state index contributed by atoms with van der Waals surface area (Å²) >= 11 is 0. The van der Waals surface area contributed by atoms with Crippen molar-refractivity contribution in [3.63, 3.8) is 0 Å². The van der Waals surface area contributed by atoms with Crippen LogP contribution in [0.2, 0.25) is 0 Å². The van der Waals surface area contributed by atoms with Gasteiger partial charge in [-0.05, 0) is 44.0 Å². The van der Waals surface area contributed by atoms with Gasteiger partial charge in [-0.15, -0.1) is 0 Å². The number of benzene rings is 1. The summed E-state index contributed by atoms with van der Waals surface area (Å²) in [6, 6.07) is 7.22. The van der Waals surface area contributed by atoms with Crippen LogP contribution in [0, 0.1) is 0 Å². The molecular weight excluding hydrogens is 300 g/mol. The maximum absolute atomic E-state index is 12.2. The van der Waals surface area contributed by atoms with Crippen molar-refractivity contribution in [3.8, 4) is 0 Å². The van der Waals surface area contributed by atoms with Gasteiger partial charge in [0, 0.05) is 30.4 Å². The Morgan fingerprint density at radius 2 is 1.95 bits per heavy atom. The minimum absolute atomic E-state index is 0.0525. The number of hydrogen-bond acceptors (Lipinski definition) is 4. The molecule has 22 heavy (non-hydrogen) atoms. The average molecular weight is 324 g/mol. The fraction of sp³-hybridized carbons (Fsp3) is 0.562. The van der Waals surface area contributed by atoms with Crippen molar-refractivity contribution in [1.82, 2.24) is 5.32 Å². The number of sulfone groups is 1. The van der Waals surface area contributed by atoms with E-state index in [0.717, 1.165) is 25.2 Å². The van der Waals surface area contributed by atoms with Gasteiger partial charge in [-0.3, -0.25) is 4.79 Å². The molecule has 1 N–H and O–H groups in total. The second-order valence-electron chi connectivity index (χ2n) is 5.70. The molecule has 1 atom stereocenters. The third-order valence-corrected chi connectivity index (χ3v) is 5.71. The number of nitrogens with zero attached hydrogens (tertiary/aromatic N) is 1. The number of anilines is 1. The van der Waals surface area contributed by atoms with Crippen LogP contribution in [0.1, 0.15) is 37.0 Å². The Kier molecular flexibility index (Phi) is 5.45. The highest BCUT2D eigenvalue weighted by Crippen LogP contribution is 2.17. The van der Waals surface area contributed by atoms with Gasteiger partial charge < -0.3 is 10.2 Å². The van der Waals surface area contributed by atoms with E-state index < -0.39 is 9.84 Å². The number of rotatable bonds is 6. The smallest absolute Gasteiger partial charge is 0.251 e. The molecular formula is C16H24N2O3S. The zero-order valence-corrected chi connectivity index (χ0v) is 14.0. The van der Waals surface area contributed by atoms with Crippen molar-refractivity contribution in [1.29, 1.82) is 0 Å². The van der Waals surface area contributed by atoms with E-state index in [1.165, 1.54) is 0 Å². The zero-order valence-electron chi connectivity index (χ0n) is 13.2. The molecule has 1 aliphatic rings. The molecule has 1 unspecified atom stereocenters. The van der Waals surface area contributed by atoms with Crippen LogP contribution in [0.5, 0.6) is 0 Å². The molecule has 2 rings (SSSR count). The van der Waals surface area contributed by atoms with Gasteiger partial charge in [-0.2, -0.15) is 0 Å². The molecule has 1 amide bonds. The lowest BCUT2D eigenvalue weighted by molar-refractivity contribution is 0.0941. The van der Waals surface area contributed by atoms with Crippen molar-refractivity contribution in [2.75, 3.05) is 29.5 Å².